The van der Waals surface area contributed by atoms with Gasteiger partial charge in [-0.1, -0.05) is 12.8 Å². The summed E-state index contributed by atoms with van der Waals surface area (Å²) in [6.45, 7) is 2.18. The van der Waals surface area contributed by atoms with Crippen molar-refractivity contribution in [2.75, 3.05) is 26.2 Å². The van der Waals surface area contributed by atoms with Gasteiger partial charge >= 0.3 is 0 Å². The molecule has 3 aliphatic rings. The maximum atomic E-state index is 13.1. The van der Waals surface area contributed by atoms with Gasteiger partial charge in [0.15, 0.2) is 0 Å². The van der Waals surface area contributed by atoms with E-state index in [1.165, 1.54) is 23.2 Å². The Morgan fingerprint density at radius 3 is 2.27 bits per heavy atom. The molecule has 1 aromatic heterocycles. The Bertz CT molecular complexity index is 863. The van der Waals surface area contributed by atoms with Gasteiger partial charge in [0.05, 0.1) is 5.56 Å². The van der Waals surface area contributed by atoms with Crippen molar-refractivity contribution in [1.29, 1.82) is 0 Å². The van der Waals surface area contributed by atoms with Gasteiger partial charge in [-0.2, -0.15) is 4.31 Å². The molecule has 9 heteroatoms. The van der Waals surface area contributed by atoms with E-state index < -0.39 is 10.0 Å². The third-order valence-corrected chi connectivity index (χ3v) is 9.90. The lowest BCUT2D eigenvalue weighted by Crippen LogP contribution is -2.44. The average Bonchev–Trinajstić information content (AvgIpc) is 3.46. The summed E-state index contributed by atoms with van der Waals surface area (Å²) in [7, 11) is -3.63. The molecule has 1 N–H and O–H groups in total. The standard InChI is InChI=1S/C21H31N3O4S2/c25-20(22-18-6-2-3-7-18)16-8-12-24(13-9-16)30(27,28)19-14-17(15-29-19)21(26)23-10-4-1-5-11-23/h14-16,18H,1-13H2,(H,22,25). The van der Waals surface area contributed by atoms with Crippen LogP contribution >= 0.6 is 11.3 Å². The number of hydrogen-bond acceptors (Lipinski definition) is 5. The largest absolute Gasteiger partial charge is 0.353 e. The second-order valence-corrected chi connectivity index (χ2v) is 11.8. The van der Waals surface area contributed by atoms with Crippen LogP contribution in [0.4, 0.5) is 0 Å². The lowest BCUT2D eigenvalue weighted by atomic mass is 9.97. The molecule has 0 atom stereocenters. The van der Waals surface area contributed by atoms with Crippen molar-refractivity contribution in [3.05, 3.63) is 17.0 Å². The Morgan fingerprint density at radius 1 is 0.933 bits per heavy atom. The van der Waals surface area contributed by atoms with Crippen molar-refractivity contribution >= 4 is 33.2 Å². The fourth-order valence-electron chi connectivity index (χ4n) is 4.72. The van der Waals surface area contributed by atoms with Crippen molar-refractivity contribution in [2.24, 2.45) is 5.92 Å². The summed E-state index contributed by atoms with van der Waals surface area (Å²) < 4.78 is 27.8. The number of hydrogen-bond donors (Lipinski definition) is 1. The van der Waals surface area contributed by atoms with E-state index in [0.717, 1.165) is 56.5 Å². The van der Waals surface area contributed by atoms with Gasteiger partial charge in [-0.05, 0) is 51.0 Å². The highest BCUT2D eigenvalue weighted by atomic mass is 32.2. The zero-order chi connectivity index (χ0) is 21.1. The molecule has 3 fully saturated rings. The number of sulfonamides is 1. The molecular weight excluding hydrogens is 422 g/mol. The van der Waals surface area contributed by atoms with E-state index in [-0.39, 0.29) is 21.9 Å². The number of thiophene rings is 1. The van der Waals surface area contributed by atoms with Crippen molar-refractivity contribution in [1.82, 2.24) is 14.5 Å². The maximum Gasteiger partial charge on any atom is 0.254 e. The molecule has 2 aliphatic heterocycles. The fourth-order valence-corrected chi connectivity index (χ4v) is 7.49. The van der Waals surface area contributed by atoms with E-state index in [1.807, 2.05) is 4.90 Å². The Labute approximate surface area is 182 Å². The van der Waals surface area contributed by atoms with E-state index in [9.17, 15) is 18.0 Å². The molecule has 0 spiro atoms. The predicted octanol–water partition coefficient (Wildman–Crippen LogP) is 2.83. The van der Waals surface area contributed by atoms with Gasteiger partial charge in [-0.15, -0.1) is 11.3 Å². The van der Waals surface area contributed by atoms with Gasteiger partial charge in [0, 0.05) is 43.5 Å². The summed E-state index contributed by atoms with van der Waals surface area (Å²) in [6.07, 6.45) is 8.68. The van der Waals surface area contributed by atoms with Gasteiger partial charge in [0.25, 0.3) is 15.9 Å². The minimum atomic E-state index is -3.63. The van der Waals surface area contributed by atoms with E-state index in [1.54, 1.807) is 5.38 Å². The van der Waals surface area contributed by atoms with Crippen LogP contribution in [0.2, 0.25) is 0 Å². The van der Waals surface area contributed by atoms with Crippen molar-refractivity contribution in [3.8, 4) is 0 Å². The highest BCUT2D eigenvalue weighted by molar-refractivity contribution is 7.91. The number of amides is 2. The normalized spacial score (nSPS) is 22.3. The predicted molar refractivity (Wildman–Crippen MR) is 116 cm³/mol. The highest BCUT2D eigenvalue weighted by Gasteiger charge is 2.34. The number of nitrogens with one attached hydrogen (secondary N) is 1. The summed E-state index contributed by atoms with van der Waals surface area (Å²) in [5, 5.41) is 4.79. The summed E-state index contributed by atoms with van der Waals surface area (Å²) in [5.41, 5.74) is 0.464. The van der Waals surface area contributed by atoms with Gasteiger partial charge < -0.3 is 10.2 Å². The number of likely N-dealkylation sites (tertiary alicyclic amines) is 1. The molecule has 0 bridgehead atoms. The molecule has 30 heavy (non-hydrogen) atoms. The lowest BCUT2D eigenvalue weighted by Gasteiger charge is -2.30. The Hall–Kier alpha value is -1.45. The first-order valence-electron chi connectivity index (χ1n) is 11.1. The van der Waals surface area contributed by atoms with Crippen LogP contribution in [-0.4, -0.2) is 61.7 Å². The molecule has 1 aromatic rings. The van der Waals surface area contributed by atoms with Crippen molar-refractivity contribution in [2.45, 2.75) is 68.0 Å². The molecule has 3 heterocycles. The summed E-state index contributed by atoms with van der Waals surface area (Å²) in [6, 6.07) is 1.82. The Morgan fingerprint density at radius 2 is 1.60 bits per heavy atom. The average molecular weight is 454 g/mol. The molecule has 4 rings (SSSR count). The maximum absolute atomic E-state index is 13.1. The number of carbonyl (C=O) groups excluding carboxylic acids is 2. The van der Waals surface area contributed by atoms with E-state index >= 15 is 0 Å². The molecule has 2 saturated heterocycles. The van der Waals surface area contributed by atoms with Crippen molar-refractivity contribution < 1.29 is 18.0 Å². The van der Waals surface area contributed by atoms with Gasteiger partial charge in [0.1, 0.15) is 4.21 Å². The molecule has 7 nitrogen and oxygen atoms in total. The summed E-state index contributed by atoms with van der Waals surface area (Å²) in [4.78, 5) is 27.0. The smallest absolute Gasteiger partial charge is 0.254 e. The molecule has 1 aliphatic carbocycles. The fraction of sp³-hybridized carbons (Fsp3) is 0.714. The monoisotopic (exact) mass is 453 g/mol. The Balaban J connectivity index is 1.34. The van der Waals surface area contributed by atoms with Gasteiger partial charge in [0.2, 0.25) is 5.91 Å². The molecule has 2 amide bonds. The SMILES string of the molecule is O=C(NC1CCCC1)C1CCN(S(=O)(=O)c2cc(C(=O)N3CCCCC3)cs2)CC1. The molecular formula is C21H31N3O4S2. The topological polar surface area (TPSA) is 86.8 Å². The minimum Gasteiger partial charge on any atom is -0.353 e. The lowest BCUT2D eigenvalue weighted by molar-refractivity contribution is -0.126. The van der Waals surface area contributed by atoms with Gasteiger partial charge in [-0.25, -0.2) is 8.42 Å². The molecule has 166 valence electrons. The van der Waals surface area contributed by atoms with Crippen LogP contribution < -0.4 is 5.32 Å². The molecule has 0 aromatic carbocycles. The van der Waals surface area contributed by atoms with Crippen molar-refractivity contribution in [3.63, 3.8) is 0 Å². The number of piperidine rings is 2. The first-order valence-corrected chi connectivity index (χ1v) is 13.5. The minimum absolute atomic E-state index is 0.0736. The van der Waals surface area contributed by atoms with E-state index in [4.69, 9.17) is 0 Å². The van der Waals surface area contributed by atoms with Gasteiger partial charge in [-0.3, -0.25) is 9.59 Å². The zero-order valence-corrected chi connectivity index (χ0v) is 19.0. The Kier molecular flexibility index (Phi) is 6.79. The number of rotatable bonds is 5. The summed E-state index contributed by atoms with van der Waals surface area (Å²) >= 11 is 1.11. The van der Waals surface area contributed by atoms with Crippen LogP contribution in [0, 0.1) is 5.92 Å². The zero-order valence-electron chi connectivity index (χ0n) is 17.3. The van der Waals surface area contributed by atoms with Crippen LogP contribution in [0.3, 0.4) is 0 Å². The number of carbonyl (C=O) groups is 2. The first-order chi connectivity index (χ1) is 14.4. The van der Waals surface area contributed by atoms with Crippen LogP contribution in [-0.2, 0) is 14.8 Å². The van der Waals surface area contributed by atoms with Crippen LogP contribution in [0.15, 0.2) is 15.7 Å². The van der Waals surface area contributed by atoms with Crippen LogP contribution in [0.5, 0.6) is 0 Å². The number of nitrogens with zero attached hydrogens (tertiary/aromatic N) is 2. The van der Waals surface area contributed by atoms with E-state index in [2.05, 4.69) is 5.32 Å². The summed E-state index contributed by atoms with van der Waals surface area (Å²) in [5.74, 6) is -0.115. The van der Waals surface area contributed by atoms with Crippen LogP contribution in [0.1, 0.15) is 68.1 Å². The quantitative estimate of drug-likeness (QED) is 0.743. The highest BCUT2D eigenvalue weighted by Crippen LogP contribution is 2.29. The van der Waals surface area contributed by atoms with Crippen LogP contribution in [0.25, 0.3) is 0 Å². The first kappa shape index (κ1) is 21.8. The third kappa shape index (κ3) is 4.73. The second-order valence-electron chi connectivity index (χ2n) is 8.68. The molecule has 0 unspecified atom stereocenters. The second kappa shape index (κ2) is 9.36. The third-order valence-electron chi connectivity index (χ3n) is 6.59. The molecule has 1 saturated carbocycles. The van der Waals surface area contributed by atoms with E-state index in [0.29, 0.717) is 37.5 Å². The molecule has 0 radical (unpaired) electrons.